The number of anilines is 1. The molecule has 1 aliphatic heterocycles. The fourth-order valence-electron chi connectivity index (χ4n) is 5.78. The fourth-order valence-corrected chi connectivity index (χ4v) is 7.44. The number of hydrogen-bond donors (Lipinski definition) is 1. The van der Waals surface area contributed by atoms with Gasteiger partial charge in [0.1, 0.15) is 0 Å². The Bertz CT molecular complexity index is 862. The molecule has 4 unspecified atom stereocenters. The van der Waals surface area contributed by atoms with Crippen LogP contribution >= 0.6 is 0 Å². The number of morpholine rings is 1. The molecule has 1 amide bonds. The van der Waals surface area contributed by atoms with Gasteiger partial charge < -0.3 is 10.1 Å². The molecule has 0 spiro atoms. The highest BCUT2D eigenvalue weighted by Crippen LogP contribution is 2.69. The lowest BCUT2D eigenvalue weighted by Gasteiger charge is -2.26. The summed E-state index contributed by atoms with van der Waals surface area (Å²) in [6, 6.07) is 5.20. The Labute approximate surface area is 160 Å². The van der Waals surface area contributed by atoms with Gasteiger partial charge in [0.05, 0.1) is 18.1 Å². The molecule has 1 saturated heterocycles. The summed E-state index contributed by atoms with van der Waals surface area (Å²) in [5.74, 6) is 2.84. The number of aryl methyl sites for hydroxylation is 1. The summed E-state index contributed by atoms with van der Waals surface area (Å²) in [4.78, 5) is 13.0. The zero-order valence-corrected chi connectivity index (χ0v) is 16.4. The number of nitrogens with one attached hydrogen (secondary N) is 1. The van der Waals surface area contributed by atoms with Crippen LogP contribution in [0.25, 0.3) is 0 Å². The highest BCUT2D eigenvalue weighted by atomic mass is 32.2. The molecule has 2 bridgehead atoms. The number of fused-ring (bicyclic) bond motifs is 5. The molecular formula is C20H26N2O4S. The molecule has 1 aromatic rings. The summed E-state index contributed by atoms with van der Waals surface area (Å²) in [6.07, 6.45) is 3.87. The van der Waals surface area contributed by atoms with Gasteiger partial charge >= 0.3 is 0 Å². The van der Waals surface area contributed by atoms with Crippen molar-refractivity contribution < 1.29 is 17.9 Å². The van der Waals surface area contributed by atoms with Crippen LogP contribution in [0.5, 0.6) is 0 Å². The average Bonchev–Trinajstić information content (AvgIpc) is 3.12. The van der Waals surface area contributed by atoms with Gasteiger partial charge in [-0.15, -0.1) is 0 Å². The van der Waals surface area contributed by atoms with Crippen LogP contribution < -0.4 is 5.32 Å². The van der Waals surface area contributed by atoms with Gasteiger partial charge in [-0.1, -0.05) is 6.07 Å². The Hall–Kier alpha value is -1.44. The van der Waals surface area contributed by atoms with Gasteiger partial charge in [0.25, 0.3) is 0 Å². The fraction of sp³-hybridized carbons (Fsp3) is 0.650. The van der Waals surface area contributed by atoms with Crippen molar-refractivity contribution in [3.8, 4) is 0 Å². The highest BCUT2D eigenvalue weighted by molar-refractivity contribution is 7.89. The Morgan fingerprint density at radius 2 is 1.81 bits per heavy atom. The molecule has 3 aliphatic carbocycles. The molecule has 0 radical (unpaired) electrons. The zero-order chi connectivity index (χ0) is 18.8. The smallest absolute Gasteiger partial charge is 0.243 e. The third-order valence-corrected chi connectivity index (χ3v) is 9.12. The molecule has 1 N–H and O–H groups in total. The van der Waals surface area contributed by atoms with E-state index in [1.165, 1.54) is 23.6 Å². The van der Waals surface area contributed by atoms with Crippen LogP contribution in [-0.2, 0) is 19.6 Å². The number of carbonyl (C=O) groups is 1. The van der Waals surface area contributed by atoms with Crippen LogP contribution in [0.15, 0.2) is 23.1 Å². The lowest BCUT2D eigenvalue weighted by Crippen LogP contribution is -2.40. The quantitative estimate of drug-likeness (QED) is 0.856. The summed E-state index contributed by atoms with van der Waals surface area (Å²) >= 11 is 0. The SMILES string of the molecule is Cc1ccc(NC(=O)C2C3C4CCC(C4)C23)cc1S(=O)(=O)N1CCOCC1. The molecule has 146 valence electrons. The zero-order valence-electron chi connectivity index (χ0n) is 15.6. The van der Waals surface area contributed by atoms with Crippen molar-refractivity contribution in [1.82, 2.24) is 4.31 Å². The second kappa shape index (κ2) is 6.29. The van der Waals surface area contributed by atoms with Crippen molar-refractivity contribution in [3.05, 3.63) is 23.8 Å². The van der Waals surface area contributed by atoms with E-state index in [1.54, 1.807) is 25.1 Å². The maximum Gasteiger partial charge on any atom is 0.243 e. The lowest BCUT2D eigenvalue weighted by atomic mass is 10.0. The Kier molecular flexibility index (Phi) is 4.11. The van der Waals surface area contributed by atoms with Crippen molar-refractivity contribution in [2.24, 2.45) is 29.6 Å². The number of carbonyl (C=O) groups excluding carboxylic acids is 1. The first-order chi connectivity index (χ1) is 13.0. The van der Waals surface area contributed by atoms with Gasteiger partial charge in [-0.05, 0) is 67.6 Å². The van der Waals surface area contributed by atoms with E-state index in [4.69, 9.17) is 4.74 Å². The minimum absolute atomic E-state index is 0.0696. The summed E-state index contributed by atoms with van der Waals surface area (Å²) in [7, 11) is -3.58. The van der Waals surface area contributed by atoms with Gasteiger partial charge in [-0.3, -0.25) is 4.79 Å². The highest BCUT2D eigenvalue weighted by Gasteiger charge is 2.67. The van der Waals surface area contributed by atoms with Gasteiger partial charge in [0.15, 0.2) is 0 Å². The predicted molar refractivity (Wildman–Crippen MR) is 101 cm³/mol. The number of nitrogens with zero attached hydrogens (tertiary/aromatic N) is 1. The number of benzene rings is 1. The summed E-state index contributed by atoms with van der Waals surface area (Å²) in [5.41, 5.74) is 1.27. The topological polar surface area (TPSA) is 75.7 Å². The van der Waals surface area contributed by atoms with E-state index in [2.05, 4.69) is 5.32 Å². The molecule has 5 rings (SSSR count). The standard InChI is InChI=1S/C20H26N2O4S/c1-12-2-5-15(11-16(12)27(24,25)22-6-8-26-9-7-22)21-20(23)19-17-13-3-4-14(10-13)18(17)19/h2,5,11,13-14,17-19H,3-4,6-10H2,1H3,(H,21,23). The minimum Gasteiger partial charge on any atom is -0.379 e. The first kappa shape index (κ1) is 17.6. The van der Waals surface area contributed by atoms with Gasteiger partial charge in [0.2, 0.25) is 15.9 Å². The van der Waals surface area contributed by atoms with Gasteiger partial charge in [-0.25, -0.2) is 8.42 Å². The molecule has 0 aromatic heterocycles. The molecule has 1 heterocycles. The van der Waals surface area contributed by atoms with Crippen LogP contribution in [0, 0.1) is 36.5 Å². The van der Waals surface area contributed by atoms with Crippen LogP contribution in [0.4, 0.5) is 5.69 Å². The lowest BCUT2D eigenvalue weighted by molar-refractivity contribution is -0.118. The van der Waals surface area contributed by atoms with E-state index in [0.29, 0.717) is 49.4 Å². The van der Waals surface area contributed by atoms with Crippen LogP contribution in [-0.4, -0.2) is 44.9 Å². The first-order valence-electron chi connectivity index (χ1n) is 9.96. The number of sulfonamides is 1. The number of ether oxygens (including phenoxy) is 1. The number of rotatable bonds is 4. The van der Waals surface area contributed by atoms with Crippen molar-refractivity contribution in [2.75, 3.05) is 31.6 Å². The van der Waals surface area contributed by atoms with Crippen LogP contribution in [0.2, 0.25) is 0 Å². The molecule has 1 aromatic carbocycles. The van der Waals surface area contributed by atoms with Crippen LogP contribution in [0.1, 0.15) is 24.8 Å². The molecule has 4 aliphatic rings. The Balaban J connectivity index is 1.34. The maximum absolute atomic E-state index is 13.0. The molecular weight excluding hydrogens is 364 g/mol. The van der Waals surface area contributed by atoms with E-state index < -0.39 is 10.0 Å². The third-order valence-electron chi connectivity index (χ3n) is 7.08. The van der Waals surface area contributed by atoms with E-state index in [9.17, 15) is 13.2 Å². The molecule has 27 heavy (non-hydrogen) atoms. The molecule has 4 fully saturated rings. The third kappa shape index (κ3) is 2.82. The van der Waals surface area contributed by atoms with E-state index in [0.717, 1.165) is 11.8 Å². The van der Waals surface area contributed by atoms with Gasteiger partial charge in [-0.2, -0.15) is 4.31 Å². The molecule has 6 nitrogen and oxygen atoms in total. The summed E-state index contributed by atoms with van der Waals surface area (Å²) in [5, 5.41) is 3.00. The predicted octanol–water partition coefficient (Wildman–Crippen LogP) is 2.25. The minimum atomic E-state index is -3.58. The van der Waals surface area contributed by atoms with Gasteiger partial charge in [0, 0.05) is 24.7 Å². The van der Waals surface area contributed by atoms with E-state index in [1.807, 2.05) is 0 Å². The second-order valence-electron chi connectivity index (χ2n) is 8.50. The van der Waals surface area contributed by atoms with Crippen molar-refractivity contribution in [1.29, 1.82) is 0 Å². The monoisotopic (exact) mass is 390 g/mol. The first-order valence-corrected chi connectivity index (χ1v) is 11.4. The molecule has 3 saturated carbocycles. The summed E-state index contributed by atoms with van der Waals surface area (Å²) in [6.45, 7) is 3.37. The Morgan fingerprint density at radius 1 is 1.15 bits per heavy atom. The van der Waals surface area contributed by atoms with Crippen molar-refractivity contribution in [2.45, 2.75) is 31.1 Å². The van der Waals surface area contributed by atoms with Crippen LogP contribution in [0.3, 0.4) is 0 Å². The summed E-state index contributed by atoms with van der Waals surface area (Å²) < 4.78 is 32.7. The average molecular weight is 391 g/mol. The maximum atomic E-state index is 13.0. The molecule has 7 heteroatoms. The number of amides is 1. The Morgan fingerprint density at radius 3 is 2.48 bits per heavy atom. The second-order valence-corrected chi connectivity index (χ2v) is 10.4. The largest absolute Gasteiger partial charge is 0.379 e. The normalized spacial score (nSPS) is 35.1. The van der Waals surface area contributed by atoms with Crippen molar-refractivity contribution in [3.63, 3.8) is 0 Å². The van der Waals surface area contributed by atoms with Crippen molar-refractivity contribution >= 4 is 21.6 Å². The van der Waals surface area contributed by atoms with E-state index >= 15 is 0 Å². The van der Waals surface area contributed by atoms with E-state index in [-0.39, 0.29) is 16.7 Å². The molecule has 4 atom stereocenters. The number of hydrogen-bond acceptors (Lipinski definition) is 4.